The summed E-state index contributed by atoms with van der Waals surface area (Å²) in [6.07, 6.45) is 0.0776. The number of sulfonamides is 1. The lowest BCUT2D eigenvalue weighted by Crippen LogP contribution is -2.31. The fourth-order valence-corrected chi connectivity index (χ4v) is 2.75. The second-order valence-corrected chi connectivity index (χ2v) is 6.60. The van der Waals surface area contributed by atoms with Crippen LogP contribution in [-0.2, 0) is 21.4 Å². The molecule has 0 aliphatic rings. The molecule has 1 aromatic rings. The maximum atomic E-state index is 12.3. The smallest absolute Gasteiger partial charge is 0.242 e. The molecule has 6 heteroatoms. The number of hydrogen-bond donors (Lipinski definition) is 1. The van der Waals surface area contributed by atoms with Crippen molar-refractivity contribution in [2.24, 2.45) is 0 Å². The lowest BCUT2D eigenvalue weighted by molar-refractivity contribution is 0.0737. The third kappa shape index (κ3) is 4.58. The first-order valence-electron chi connectivity index (χ1n) is 6.15. The highest BCUT2D eigenvalue weighted by atomic mass is 32.2. The fourth-order valence-electron chi connectivity index (χ4n) is 1.52. The predicted octanol–water partition coefficient (Wildman–Crippen LogP) is 1.22. The molecule has 0 heterocycles. The molecular formula is C13H21NO4S. The van der Waals surface area contributed by atoms with Gasteiger partial charge in [0.1, 0.15) is 0 Å². The monoisotopic (exact) mass is 287 g/mol. The van der Waals surface area contributed by atoms with Gasteiger partial charge in [-0.05, 0) is 31.5 Å². The molecule has 0 unspecified atom stereocenters. The summed E-state index contributed by atoms with van der Waals surface area (Å²) in [4.78, 5) is 0.186. The van der Waals surface area contributed by atoms with Crippen molar-refractivity contribution in [1.82, 2.24) is 4.31 Å². The summed E-state index contributed by atoms with van der Waals surface area (Å²) in [7, 11) is -2.01. The van der Waals surface area contributed by atoms with Crippen LogP contribution in [0, 0.1) is 0 Å². The van der Waals surface area contributed by atoms with Gasteiger partial charge in [0, 0.05) is 13.6 Å². The highest BCUT2D eigenvalue weighted by Crippen LogP contribution is 2.15. The zero-order chi connectivity index (χ0) is 14.5. The van der Waals surface area contributed by atoms with E-state index in [4.69, 9.17) is 9.84 Å². The Morgan fingerprint density at radius 2 is 2.05 bits per heavy atom. The molecule has 0 aliphatic heterocycles. The third-order valence-corrected chi connectivity index (χ3v) is 4.50. The van der Waals surface area contributed by atoms with Crippen molar-refractivity contribution in [1.29, 1.82) is 0 Å². The van der Waals surface area contributed by atoms with Crippen LogP contribution in [0.5, 0.6) is 0 Å². The van der Waals surface area contributed by atoms with Gasteiger partial charge in [-0.15, -0.1) is 0 Å². The average molecular weight is 287 g/mol. The highest BCUT2D eigenvalue weighted by molar-refractivity contribution is 7.89. The SMILES string of the molecule is CC(C)OCCN(C)S(=O)(=O)c1cccc(CO)c1. The average Bonchev–Trinajstić information content (AvgIpc) is 2.38. The maximum absolute atomic E-state index is 12.3. The maximum Gasteiger partial charge on any atom is 0.242 e. The lowest BCUT2D eigenvalue weighted by Gasteiger charge is -2.18. The summed E-state index contributed by atoms with van der Waals surface area (Å²) in [5, 5.41) is 9.04. The van der Waals surface area contributed by atoms with E-state index in [9.17, 15) is 8.42 Å². The van der Waals surface area contributed by atoms with Crippen LogP contribution in [0.3, 0.4) is 0 Å². The van der Waals surface area contributed by atoms with Crippen LogP contribution in [0.2, 0.25) is 0 Å². The minimum atomic E-state index is -3.53. The zero-order valence-electron chi connectivity index (χ0n) is 11.5. The molecule has 0 radical (unpaired) electrons. The number of nitrogens with zero attached hydrogens (tertiary/aromatic N) is 1. The van der Waals surface area contributed by atoms with Crippen LogP contribution >= 0.6 is 0 Å². The van der Waals surface area contributed by atoms with Gasteiger partial charge in [-0.25, -0.2) is 8.42 Å². The first-order chi connectivity index (χ1) is 8.87. The molecule has 0 aromatic heterocycles. The topological polar surface area (TPSA) is 66.8 Å². The summed E-state index contributed by atoms with van der Waals surface area (Å²) in [5.74, 6) is 0. The largest absolute Gasteiger partial charge is 0.392 e. The Balaban J connectivity index is 2.78. The van der Waals surface area contributed by atoms with Crippen LogP contribution in [0.25, 0.3) is 0 Å². The third-order valence-electron chi connectivity index (χ3n) is 2.65. The van der Waals surface area contributed by atoms with Gasteiger partial charge in [-0.1, -0.05) is 12.1 Å². The number of aliphatic hydroxyl groups is 1. The minimum Gasteiger partial charge on any atom is -0.392 e. The molecule has 1 aromatic carbocycles. The van der Waals surface area contributed by atoms with E-state index in [1.54, 1.807) is 12.1 Å². The van der Waals surface area contributed by atoms with E-state index < -0.39 is 10.0 Å². The van der Waals surface area contributed by atoms with E-state index >= 15 is 0 Å². The van der Waals surface area contributed by atoms with Crippen LogP contribution in [0.15, 0.2) is 29.2 Å². The summed E-state index contributed by atoms with van der Waals surface area (Å²) in [5.41, 5.74) is 0.577. The van der Waals surface area contributed by atoms with Gasteiger partial charge in [-0.2, -0.15) is 4.31 Å². The molecule has 0 spiro atoms. The molecule has 5 nitrogen and oxygen atoms in total. The highest BCUT2D eigenvalue weighted by Gasteiger charge is 2.20. The Kier molecular flexibility index (Phi) is 5.93. The zero-order valence-corrected chi connectivity index (χ0v) is 12.4. The molecule has 108 valence electrons. The molecule has 0 saturated heterocycles. The fraction of sp³-hybridized carbons (Fsp3) is 0.538. The Labute approximate surface area is 114 Å². The number of likely N-dealkylation sites (N-methyl/N-ethyl adjacent to an activating group) is 1. The Hall–Kier alpha value is -0.950. The number of benzene rings is 1. The van der Waals surface area contributed by atoms with Crippen LogP contribution in [-0.4, -0.2) is 44.1 Å². The first kappa shape index (κ1) is 16.1. The second-order valence-electron chi connectivity index (χ2n) is 4.55. The van der Waals surface area contributed by atoms with Crippen LogP contribution < -0.4 is 0 Å². The number of hydrogen-bond acceptors (Lipinski definition) is 4. The van der Waals surface area contributed by atoms with E-state index in [1.165, 1.54) is 23.5 Å². The molecular weight excluding hydrogens is 266 g/mol. The molecule has 0 fully saturated rings. The van der Waals surface area contributed by atoms with Gasteiger partial charge < -0.3 is 9.84 Å². The molecule has 0 amide bonds. The van der Waals surface area contributed by atoms with Crippen LogP contribution in [0.1, 0.15) is 19.4 Å². The van der Waals surface area contributed by atoms with Crippen molar-refractivity contribution in [3.05, 3.63) is 29.8 Å². The summed E-state index contributed by atoms with van der Waals surface area (Å²) in [6.45, 7) is 4.28. The predicted molar refractivity (Wildman–Crippen MR) is 73.3 cm³/mol. The van der Waals surface area contributed by atoms with Crippen molar-refractivity contribution >= 4 is 10.0 Å². The normalized spacial score (nSPS) is 12.3. The quantitative estimate of drug-likeness (QED) is 0.819. The number of rotatable bonds is 7. The van der Waals surface area contributed by atoms with Gasteiger partial charge in [-0.3, -0.25) is 0 Å². The molecule has 0 aliphatic carbocycles. The van der Waals surface area contributed by atoms with Crippen molar-refractivity contribution in [2.45, 2.75) is 31.5 Å². The van der Waals surface area contributed by atoms with Gasteiger partial charge in [0.2, 0.25) is 10.0 Å². The Bertz CT molecular complexity index is 499. The molecule has 19 heavy (non-hydrogen) atoms. The van der Waals surface area contributed by atoms with Crippen molar-refractivity contribution in [2.75, 3.05) is 20.2 Å². The minimum absolute atomic E-state index is 0.0776. The van der Waals surface area contributed by atoms with Crippen molar-refractivity contribution in [3.63, 3.8) is 0 Å². The van der Waals surface area contributed by atoms with Crippen molar-refractivity contribution in [3.8, 4) is 0 Å². The summed E-state index contributed by atoms with van der Waals surface area (Å²) in [6, 6.07) is 6.31. The standard InChI is InChI=1S/C13H21NO4S/c1-11(2)18-8-7-14(3)19(16,17)13-6-4-5-12(9-13)10-15/h4-6,9,11,15H,7-8,10H2,1-3H3. The molecule has 0 saturated carbocycles. The van der Waals surface area contributed by atoms with E-state index in [1.807, 2.05) is 13.8 Å². The van der Waals surface area contributed by atoms with Crippen LogP contribution in [0.4, 0.5) is 0 Å². The Morgan fingerprint density at radius 1 is 1.37 bits per heavy atom. The first-order valence-corrected chi connectivity index (χ1v) is 7.59. The van der Waals surface area contributed by atoms with E-state index in [0.29, 0.717) is 18.7 Å². The van der Waals surface area contributed by atoms with Gasteiger partial charge in [0.05, 0.1) is 24.2 Å². The van der Waals surface area contributed by atoms with E-state index in [2.05, 4.69) is 0 Å². The van der Waals surface area contributed by atoms with E-state index in [-0.39, 0.29) is 17.6 Å². The second kappa shape index (κ2) is 7.00. The van der Waals surface area contributed by atoms with E-state index in [0.717, 1.165) is 0 Å². The number of aliphatic hydroxyl groups excluding tert-OH is 1. The number of ether oxygens (including phenoxy) is 1. The Morgan fingerprint density at radius 3 is 2.63 bits per heavy atom. The summed E-state index contributed by atoms with van der Waals surface area (Å²) >= 11 is 0. The van der Waals surface area contributed by atoms with Gasteiger partial charge >= 0.3 is 0 Å². The molecule has 0 bridgehead atoms. The molecule has 0 atom stereocenters. The van der Waals surface area contributed by atoms with Gasteiger partial charge in [0.25, 0.3) is 0 Å². The molecule has 1 N–H and O–H groups in total. The molecule has 1 rings (SSSR count). The van der Waals surface area contributed by atoms with Gasteiger partial charge in [0.15, 0.2) is 0 Å². The van der Waals surface area contributed by atoms with Crippen molar-refractivity contribution < 1.29 is 18.3 Å². The lowest BCUT2D eigenvalue weighted by atomic mass is 10.2. The summed E-state index contributed by atoms with van der Waals surface area (Å²) < 4.78 is 31.1.